The maximum absolute atomic E-state index is 12.5. The van der Waals surface area contributed by atoms with Gasteiger partial charge in [-0.1, -0.05) is 55.4 Å². The van der Waals surface area contributed by atoms with E-state index in [2.05, 4.69) is 24.3 Å². The van der Waals surface area contributed by atoms with Gasteiger partial charge in [-0.15, -0.1) is 0 Å². The summed E-state index contributed by atoms with van der Waals surface area (Å²) in [6.45, 7) is 7.79. The van der Waals surface area contributed by atoms with E-state index in [-0.39, 0.29) is 25.2 Å². The Kier molecular flexibility index (Phi) is 8.24. The largest absolute Gasteiger partial charge is 0.489 e. The number of amides is 1. The minimum atomic E-state index is -0.590. The molecule has 174 valence electrons. The molecule has 1 aromatic heterocycles. The van der Waals surface area contributed by atoms with E-state index in [1.165, 1.54) is 0 Å². The number of aryl methyl sites for hydroxylation is 2. The first-order valence-corrected chi connectivity index (χ1v) is 11.0. The molecule has 3 rings (SSSR count). The average Bonchev–Trinajstić information content (AvgIpc) is 3.13. The van der Waals surface area contributed by atoms with Gasteiger partial charge in [-0.2, -0.15) is 0 Å². The van der Waals surface area contributed by atoms with Gasteiger partial charge in [0.1, 0.15) is 18.1 Å². The van der Waals surface area contributed by atoms with Crippen LogP contribution in [-0.2, 0) is 16.1 Å². The summed E-state index contributed by atoms with van der Waals surface area (Å²) in [5.74, 6) is 0.665. The van der Waals surface area contributed by atoms with Crippen LogP contribution in [0.4, 0.5) is 0 Å². The fourth-order valence-electron chi connectivity index (χ4n) is 3.46. The summed E-state index contributed by atoms with van der Waals surface area (Å²) in [7, 11) is 0. The Morgan fingerprint density at radius 3 is 2.48 bits per heavy atom. The van der Waals surface area contributed by atoms with E-state index in [1.807, 2.05) is 44.2 Å². The predicted octanol–water partition coefficient (Wildman–Crippen LogP) is 4.93. The molecule has 0 spiro atoms. The van der Waals surface area contributed by atoms with Crippen LogP contribution in [0.15, 0.2) is 59.1 Å². The molecule has 0 radical (unpaired) electrons. The normalized spacial score (nSPS) is 11.8. The van der Waals surface area contributed by atoms with Crippen molar-refractivity contribution in [3.05, 3.63) is 82.7 Å². The van der Waals surface area contributed by atoms with Crippen molar-refractivity contribution in [2.75, 3.05) is 6.61 Å². The molecule has 0 saturated carbocycles. The molecule has 0 saturated heterocycles. The van der Waals surface area contributed by atoms with Crippen LogP contribution in [-0.4, -0.2) is 23.6 Å². The monoisotopic (exact) mass is 450 g/mol. The highest BCUT2D eigenvalue weighted by Gasteiger charge is 2.18. The fourth-order valence-corrected chi connectivity index (χ4v) is 3.46. The van der Waals surface area contributed by atoms with Crippen LogP contribution >= 0.6 is 0 Å². The highest BCUT2D eigenvalue weighted by atomic mass is 16.5. The predicted molar refractivity (Wildman–Crippen MR) is 124 cm³/mol. The van der Waals surface area contributed by atoms with E-state index in [0.29, 0.717) is 23.0 Å². The summed E-state index contributed by atoms with van der Waals surface area (Å²) >= 11 is 0. The van der Waals surface area contributed by atoms with Gasteiger partial charge >= 0.3 is 5.97 Å². The molecule has 2 aromatic carbocycles. The number of carbonyl (C=O) groups excluding carboxylic acids is 2. The van der Waals surface area contributed by atoms with Gasteiger partial charge in [-0.05, 0) is 49.9 Å². The number of carbonyl (C=O) groups is 2. The van der Waals surface area contributed by atoms with Gasteiger partial charge in [-0.25, -0.2) is 4.79 Å². The molecule has 1 unspecified atom stereocenters. The lowest BCUT2D eigenvalue weighted by atomic mass is 9.97. The molecule has 7 heteroatoms. The van der Waals surface area contributed by atoms with E-state index < -0.39 is 5.97 Å². The summed E-state index contributed by atoms with van der Waals surface area (Å²) in [5, 5.41) is 6.88. The van der Waals surface area contributed by atoms with Crippen LogP contribution in [0.2, 0.25) is 0 Å². The van der Waals surface area contributed by atoms with Crippen LogP contribution in [0, 0.1) is 19.8 Å². The highest BCUT2D eigenvalue weighted by molar-refractivity contribution is 5.91. The van der Waals surface area contributed by atoms with E-state index >= 15 is 0 Å². The van der Waals surface area contributed by atoms with Crippen LogP contribution < -0.4 is 10.1 Å². The molecule has 1 amide bonds. The first kappa shape index (κ1) is 24.0. The Bertz CT molecular complexity index is 1060. The number of aromatic nitrogens is 1. The molecule has 3 aromatic rings. The molecule has 0 aliphatic carbocycles. The Morgan fingerprint density at radius 2 is 1.82 bits per heavy atom. The third-order valence-corrected chi connectivity index (χ3v) is 5.21. The number of hydrogen-bond donors (Lipinski definition) is 1. The van der Waals surface area contributed by atoms with Crippen LogP contribution in [0.3, 0.4) is 0 Å². The van der Waals surface area contributed by atoms with Crippen molar-refractivity contribution in [3.8, 4) is 5.75 Å². The van der Waals surface area contributed by atoms with Gasteiger partial charge in [0, 0.05) is 0 Å². The minimum absolute atomic E-state index is 0.140. The molecule has 0 aliphatic heterocycles. The van der Waals surface area contributed by atoms with Gasteiger partial charge in [0.15, 0.2) is 6.61 Å². The Morgan fingerprint density at radius 1 is 1.06 bits per heavy atom. The van der Waals surface area contributed by atoms with Crippen molar-refractivity contribution < 1.29 is 23.6 Å². The molecule has 0 bridgehead atoms. The minimum Gasteiger partial charge on any atom is -0.489 e. The molecule has 1 N–H and O–H groups in total. The zero-order valence-corrected chi connectivity index (χ0v) is 19.5. The zero-order chi connectivity index (χ0) is 23.8. The second kappa shape index (κ2) is 11.3. The quantitative estimate of drug-likeness (QED) is 0.441. The Labute approximate surface area is 194 Å². The van der Waals surface area contributed by atoms with Crippen LogP contribution in [0.25, 0.3) is 0 Å². The topological polar surface area (TPSA) is 90.7 Å². The summed E-state index contributed by atoms with van der Waals surface area (Å²) in [4.78, 5) is 25.0. The Hall–Kier alpha value is -3.61. The molecule has 1 atom stereocenters. The Balaban J connectivity index is 1.55. The summed E-state index contributed by atoms with van der Waals surface area (Å²) < 4.78 is 16.2. The zero-order valence-electron chi connectivity index (χ0n) is 19.5. The van der Waals surface area contributed by atoms with Gasteiger partial charge in [-0.3, -0.25) is 4.79 Å². The summed E-state index contributed by atoms with van der Waals surface area (Å²) in [5.41, 5.74) is 2.96. The van der Waals surface area contributed by atoms with Gasteiger partial charge in [0.05, 0.1) is 22.9 Å². The highest BCUT2D eigenvalue weighted by Crippen LogP contribution is 2.21. The number of ether oxygens (including phenoxy) is 2. The van der Waals surface area contributed by atoms with E-state index in [4.69, 9.17) is 14.0 Å². The molecule has 7 nitrogen and oxygen atoms in total. The lowest BCUT2D eigenvalue weighted by Crippen LogP contribution is -2.33. The first-order chi connectivity index (χ1) is 15.8. The molecule has 0 aliphatic rings. The lowest BCUT2D eigenvalue weighted by Gasteiger charge is -2.21. The molecule has 33 heavy (non-hydrogen) atoms. The number of benzene rings is 2. The number of esters is 1. The standard InChI is InChI=1S/C26H30N2O5/c1-17(2)13-24(20-9-6-5-7-10-20)27-25(29)16-32-26(30)21-11-8-12-22(14-21)31-15-23-18(3)28-33-19(23)4/h5-12,14,17,24H,13,15-16H2,1-4H3,(H,27,29). The van der Waals surface area contributed by atoms with Crippen molar-refractivity contribution >= 4 is 11.9 Å². The summed E-state index contributed by atoms with van der Waals surface area (Å²) in [6, 6.07) is 16.3. The number of nitrogens with zero attached hydrogens (tertiary/aromatic N) is 1. The van der Waals surface area contributed by atoms with Gasteiger partial charge < -0.3 is 19.3 Å². The average molecular weight is 451 g/mol. The van der Waals surface area contributed by atoms with Gasteiger partial charge in [0.25, 0.3) is 5.91 Å². The number of rotatable bonds is 10. The van der Waals surface area contributed by atoms with Crippen LogP contribution in [0.5, 0.6) is 5.75 Å². The maximum atomic E-state index is 12.5. The molecule has 0 fully saturated rings. The van der Waals surface area contributed by atoms with Crippen molar-refractivity contribution in [2.45, 2.75) is 46.8 Å². The number of hydrogen-bond acceptors (Lipinski definition) is 6. The SMILES string of the molecule is Cc1noc(C)c1COc1cccc(C(=O)OCC(=O)NC(CC(C)C)c2ccccc2)c1. The third-order valence-electron chi connectivity index (χ3n) is 5.21. The third kappa shape index (κ3) is 6.94. The van der Waals surface area contributed by atoms with Crippen molar-refractivity contribution in [1.82, 2.24) is 10.5 Å². The van der Waals surface area contributed by atoms with E-state index in [1.54, 1.807) is 24.3 Å². The van der Waals surface area contributed by atoms with Gasteiger partial charge in [0.2, 0.25) is 0 Å². The lowest BCUT2D eigenvalue weighted by molar-refractivity contribution is -0.125. The number of nitrogens with one attached hydrogen (secondary N) is 1. The molecular weight excluding hydrogens is 420 g/mol. The van der Waals surface area contributed by atoms with Crippen molar-refractivity contribution in [3.63, 3.8) is 0 Å². The smallest absolute Gasteiger partial charge is 0.338 e. The fraction of sp³-hybridized carbons (Fsp3) is 0.346. The molecular formula is C26H30N2O5. The van der Waals surface area contributed by atoms with E-state index in [9.17, 15) is 9.59 Å². The first-order valence-electron chi connectivity index (χ1n) is 11.0. The molecule has 1 heterocycles. The van der Waals surface area contributed by atoms with Crippen molar-refractivity contribution in [1.29, 1.82) is 0 Å². The second-order valence-electron chi connectivity index (χ2n) is 8.36. The van der Waals surface area contributed by atoms with Crippen LogP contribution in [0.1, 0.15) is 59.2 Å². The maximum Gasteiger partial charge on any atom is 0.338 e. The van der Waals surface area contributed by atoms with E-state index in [0.717, 1.165) is 23.2 Å². The summed E-state index contributed by atoms with van der Waals surface area (Å²) in [6.07, 6.45) is 0.786. The second-order valence-corrected chi connectivity index (χ2v) is 8.36. The van der Waals surface area contributed by atoms with Crippen molar-refractivity contribution in [2.24, 2.45) is 5.92 Å².